The number of carbonyl (C=O) groups is 2. The first-order valence-corrected chi connectivity index (χ1v) is 8.39. The third-order valence-corrected chi connectivity index (χ3v) is 3.90. The molecule has 0 saturated carbocycles. The molecular weight excluding hydrogens is 310 g/mol. The van der Waals surface area contributed by atoms with E-state index in [9.17, 15) is 9.59 Å². The Hall–Kier alpha value is -2.08. The van der Waals surface area contributed by atoms with Crippen LogP contribution in [0.1, 0.15) is 43.5 Å². The zero-order valence-electron chi connectivity index (χ0n) is 14.2. The van der Waals surface area contributed by atoms with Gasteiger partial charge in [0.05, 0.1) is 11.7 Å². The van der Waals surface area contributed by atoms with Crippen LogP contribution in [0.15, 0.2) is 24.3 Å². The summed E-state index contributed by atoms with van der Waals surface area (Å²) < 4.78 is 16.1. The van der Waals surface area contributed by atoms with Gasteiger partial charge in [-0.25, -0.2) is 4.79 Å². The molecule has 1 aliphatic heterocycles. The Morgan fingerprint density at radius 2 is 2.08 bits per heavy atom. The van der Waals surface area contributed by atoms with Gasteiger partial charge in [-0.3, -0.25) is 4.79 Å². The summed E-state index contributed by atoms with van der Waals surface area (Å²) in [6.45, 7) is 4.90. The van der Waals surface area contributed by atoms with Crippen LogP contribution < -0.4 is 10.1 Å². The van der Waals surface area contributed by atoms with E-state index < -0.39 is 5.97 Å². The fraction of sp³-hybridized carbons (Fsp3) is 0.556. The number of ether oxygens (including phenoxy) is 3. The second kappa shape index (κ2) is 9.27. The predicted molar refractivity (Wildman–Crippen MR) is 89.1 cm³/mol. The van der Waals surface area contributed by atoms with E-state index in [0.717, 1.165) is 25.9 Å². The first-order valence-electron chi connectivity index (χ1n) is 8.39. The van der Waals surface area contributed by atoms with Gasteiger partial charge in [-0.05, 0) is 50.5 Å². The fourth-order valence-corrected chi connectivity index (χ4v) is 2.29. The molecule has 1 fully saturated rings. The van der Waals surface area contributed by atoms with Crippen LogP contribution in [0.4, 0.5) is 0 Å². The molecule has 132 valence electrons. The average molecular weight is 335 g/mol. The van der Waals surface area contributed by atoms with Crippen LogP contribution in [-0.4, -0.2) is 43.8 Å². The molecule has 0 bridgehead atoms. The van der Waals surface area contributed by atoms with Gasteiger partial charge < -0.3 is 19.5 Å². The van der Waals surface area contributed by atoms with E-state index in [1.807, 2.05) is 13.8 Å². The number of amides is 1. The van der Waals surface area contributed by atoms with Crippen LogP contribution in [0.5, 0.6) is 5.75 Å². The van der Waals surface area contributed by atoms with Crippen LogP contribution in [0, 0.1) is 0 Å². The average Bonchev–Trinajstić information content (AvgIpc) is 3.11. The minimum atomic E-state index is -0.528. The lowest BCUT2D eigenvalue weighted by molar-refractivity contribution is -0.124. The summed E-state index contributed by atoms with van der Waals surface area (Å²) in [6, 6.07) is 6.74. The van der Waals surface area contributed by atoms with Crippen molar-refractivity contribution in [2.24, 2.45) is 0 Å². The van der Waals surface area contributed by atoms with Crippen molar-refractivity contribution in [3.8, 4) is 5.75 Å². The van der Waals surface area contributed by atoms with E-state index in [0.29, 0.717) is 17.9 Å². The quantitative estimate of drug-likeness (QED) is 0.738. The number of carbonyl (C=O) groups excluding carboxylic acids is 2. The van der Waals surface area contributed by atoms with E-state index in [4.69, 9.17) is 14.2 Å². The molecule has 1 amide bonds. The molecule has 1 aromatic rings. The Labute approximate surface area is 142 Å². The number of esters is 1. The van der Waals surface area contributed by atoms with Crippen LogP contribution in [0.3, 0.4) is 0 Å². The lowest BCUT2D eigenvalue weighted by Gasteiger charge is -2.12. The highest BCUT2D eigenvalue weighted by Crippen LogP contribution is 2.17. The number of hydrogen-bond acceptors (Lipinski definition) is 5. The molecule has 1 N–H and O–H groups in total. The lowest BCUT2D eigenvalue weighted by atomic mass is 10.2. The Bertz CT molecular complexity index is 537. The second-order valence-electron chi connectivity index (χ2n) is 5.92. The summed E-state index contributed by atoms with van der Waals surface area (Å²) >= 11 is 0. The molecule has 1 aromatic carbocycles. The van der Waals surface area contributed by atoms with E-state index in [2.05, 4.69) is 5.32 Å². The van der Waals surface area contributed by atoms with Crippen LogP contribution >= 0.6 is 0 Å². The summed E-state index contributed by atoms with van der Waals surface area (Å²) in [5.74, 6) is -0.147. The Kier molecular flexibility index (Phi) is 7.06. The molecule has 0 aliphatic carbocycles. The maximum atomic E-state index is 11.9. The normalized spacial score (nSPS) is 18.0. The molecule has 0 spiro atoms. The highest BCUT2D eigenvalue weighted by molar-refractivity contribution is 5.91. The van der Waals surface area contributed by atoms with Crippen LogP contribution in [0.25, 0.3) is 0 Å². The number of hydrogen-bond donors (Lipinski definition) is 1. The molecule has 2 unspecified atom stereocenters. The summed E-state index contributed by atoms with van der Waals surface area (Å²) in [5, 5.41) is 2.74. The highest BCUT2D eigenvalue weighted by Gasteiger charge is 2.16. The Morgan fingerprint density at radius 1 is 1.33 bits per heavy atom. The van der Waals surface area contributed by atoms with Gasteiger partial charge in [0.15, 0.2) is 6.61 Å². The van der Waals surface area contributed by atoms with Gasteiger partial charge in [0.2, 0.25) is 0 Å². The predicted octanol–water partition coefficient (Wildman–Crippen LogP) is 2.32. The summed E-state index contributed by atoms with van der Waals surface area (Å²) in [5.41, 5.74) is 0.385. The molecule has 2 rings (SSSR count). The highest BCUT2D eigenvalue weighted by atomic mass is 16.5. The molecule has 24 heavy (non-hydrogen) atoms. The summed E-state index contributed by atoms with van der Waals surface area (Å²) in [4.78, 5) is 23.5. The van der Waals surface area contributed by atoms with Crippen molar-refractivity contribution in [3.05, 3.63) is 29.8 Å². The molecule has 6 nitrogen and oxygen atoms in total. The third-order valence-electron chi connectivity index (χ3n) is 3.90. The van der Waals surface area contributed by atoms with Gasteiger partial charge >= 0.3 is 5.97 Å². The zero-order chi connectivity index (χ0) is 17.4. The van der Waals surface area contributed by atoms with Crippen LogP contribution in [-0.2, 0) is 14.3 Å². The first kappa shape index (κ1) is 18.3. The number of nitrogens with one attached hydrogen (secondary N) is 1. The van der Waals surface area contributed by atoms with Crippen molar-refractivity contribution in [2.45, 2.75) is 45.3 Å². The van der Waals surface area contributed by atoms with Crippen molar-refractivity contribution in [1.29, 1.82) is 0 Å². The third kappa shape index (κ3) is 5.85. The van der Waals surface area contributed by atoms with Crippen molar-refractivity contribution in [1.82, 2.24) is 5.32 Å². The smallest absolute Gasteiger partial charge is 0.338 e. The molecule has 1 heterocycles. The van der Waals surface area contributed by atoms with Crippen LogP contribution in [0.2, 0.25) is 0 Å². The molecule has 2 atom stereocenters. The van der Waals surface area contributed by atoms with Crippen molar-refractivity contribution in [2.75, 3.05) is 19.8 Å². The molecular formula is C18H25NO5. The monoisotopic (exact) mass is 335 g/mol. The second-order valence-corrected chi connectivity index (χ2v) is 5.92. The van der Waals surface area contributed by atoms with Gasteiger partial charge in [0, 0.05) is 12.6 Å². The van der Waals surface area contributed by atoms with Crippen molar-refractivity contribution < 1.29 is 23.8 Å². The number of rotatable bonds is 8. The summed E-state index contributed by atoms with van der Waals surface area (Å²) in [6.07, 6.45) is 3.07. The lowest BCUT2D eigenvalue weighted by Crippen LogP contribution is -2.35. The van der Waals surface area contributed by atoms with E-state index in [1.165, 1.54) is 0 Å². The van der Waals surface area contributed by atoms with E-state index in [1.54, 1.807) is 24.3 Å². The van der Waals surface area contributed by atoms with Crippen molar-refractivity contribution in [3.63, 3.8) is 0 Å². The molecule has 1 saturated heterocycles. The van der Waals surface area contributed by atoms with Gasteiger partial charge in [-0.15, -0.1) is 0 Å². The molecule has 0 radical (unpaired) electrons. The maximum Gasteiger partial charge on any atom is 0.338 e. The SMILES string of the molecule is CCC(C)NC(=O)COC(=O)c1ccc(OCC2CCCO2)cc1. The van der Waals surface area contributed by atoms with Gasteiger partial charge in [0.25, 0.3) is 5.91 Å². The Morgan fingerprint density at radius 3 is 2.71 bits per heavy atom. The van der Waals surface area contributed by atoms with Gasteiger partial charge in [0.1, 0.15) is 12.4 Å². The van der Waals surface area contributed by atoms with E-state index >= 15 is 0 Å². The largest absolute Gasteiger partial charge is 0.491 e. The zero-order valence-corrected chi connectivity index (χ0v) is 14.2. The minimum Gasteiger partial charge on any atom is -0.491 e. The minimum absolute atomic E-state index is 0.0662. The van der Waals surface area contributed by atoms with Gasteiger partial charge in [-0.1, -0.05) is 6.92 Å². The van der Waals surface area contributed by atoms with E-state index in [-0.39, 0.29) is 24.7 Å². The number of benzene rings is 1. The maximum absolute atomic E-state index is 11.9. The first-order chi connectivity index (χ1) is 11.6. The summed E-state index contributed by atoms with van der Waals surface area (Å²) in [7, 11) is 0. The topological polar surface area (TPSA) is 73.9 Å². The standard InChI is InChI=1S/C18H25NO5/c1-3-13(2)19-17(20)12-24-18(21)14-6-8-15(9-7-14)23-11-16-5-4-10-22-16/h6-9,13,16H,3-5,10-12H2,1-2H3,(H,19,20). The fourth-order valence-electron chi connectivity index (χ4n) is 2.29. The van der Waals surface area contributed by atoms with Crippen molar-refractivity contribution >= 4 is 11.9 Å². The molecule has 0 aromatic heterocycles. The Balaban J connectivity index is 1.75. The van der Waals surface area contributed by atoms with Gasteiger partial charge in [-0.2, -0.15) is 0 Å². The molecule has 6 heteroatoms. The molecule has 1 aliphatic rings.